The van der Waals surface area contributed by atoms with Crippen molar-refractivity contribution in [3.8, 4) is 0 Å². The predicted molar refractivity (Wildman–Crippen MR) is 72.0 cm³/mol. The number of carbonyl (C=O) groups excluding carboxylic acids is 1. The van der Waals surface area contributed by atoms with Crippen LogP contribution in [-0.4, -0.2) is 53.5 Å². The molecular weight excluding hydrogens is 260 g/mol. The minimum atomic E-state index is -0.795. The van der Waals surface area contributed by atoms with Crippen LogP contribution in [-0.2, 0) is 16.1 Å². The van der Waals surface area contributed by atoms with Crippen molar-refractivity contribution in [1.82, 2.24) is 9.80 Å². The van der Waals surface area contributed by atoms with Gasteiger partial charge in [-0.25, -0.2) is 0 Å². The lowest BCUT2D eigenvalue weighted by Crippen LogP contribution is -2.39. The molecule has 1 unspecified atom stereocenters. The van der Waals surface area contributed by atoms with Crippen LogP contribution in [0.5, 0.6) is 0 Å². The van der Waals surface area contributed by atoms with Crippen LogP contribution in [0.4, 0.5) is 0 Å². The maximum absolute atomic E-state index is 12.1. The van der Waals surface area contributed by atoms with Gasteiger partial charge in [0.15, 0.2) is 0 Å². The monoisotopic (exact) mass is 280 g/mol. The summed E-state index contributed by atoms with van der Waals surface area (Å²) in [5.41, 5.74) is -0.736. The van der Waals surface area contributed by atoms with E-state index < -0.39 is 11.4 Å². The van der Waals surface area contributed by atoms with E-state index >= 15 is 0 Å². The molecule has 1 aliphatic heterocycles. The Morgan fingerprint density at radius 2 is 2.30 bits per heavy atom. The zero-order valence-corrected chi connectivity index (χ0v) is 11.8. The third-order valence-corrected chi connectivity index (χ3v) is 3.83. The Hall–Kier alpha value is -1.82. The van der Waals surface area contributed by atoms with Crippen LogP contribution in [0.25, 0.3) is 0 Å². The highest BCUT2D eigenvalue weighted by Crippen LogP contribution is 2.29. The number of aliphatic carboxylic acids is 1. The number of furan rings is 1. The van der Waals surface area contributed by atoms with E-state index in [0.717, 1.165) is 5.76 Å². The molecule has 1 atom stereocenters. The molecule has 1 fully saturated rings. The Morgan fingerprint density at radius 3 is 2.85 bits per heavy atom. The number of hydrogen-bond acceptors (Lipinski definition) is 4. The number of amides is 1. The molecule has 2 rings (SSSR count). The van der Waals surface area contributed by atoms with E-state index in [4.69, 9.17) is 4.42 Å². The Kier molecular flexibility index (Phi) is 4.13. The second-order valence-electron chi connectivity index (χ2n) is 5.66. The number of likely N-dealkylation sites (N-methyl/N-ethyl adjacent to an activating group) is 1. The minimum Gasteiger partial charge on any atom is -0.481 e. The van der Waals surface area contributed by atoms with Gasteiger partial charge in [0.2, 0.25) is 5.91 Å². The molecule has 0 radical (unpaired) electrons. The zero-order chi connectivity index (χ0) is 14.8. The van der Waals surface area contributed by atoms with Gasteiger partial charge in [-0.2, -0.15) is 0 Å². The van der Waals surface area contributed by atoms with Crippen molar-refractivity contribution in [1.29, 1.82) is 0 Å². The lowest BCUT2D eigenvalue weighted by Gasteiger charge is -2.22. The first-order valence-electron chi connectivity index (χ1n) is 6.63. The molecule has 20 heavy (non-hydrogen) atoms. The smallest absolute Gasteiger partial charge is 0.310 e. The fourth-order valence-corrected chi connectivity index (χ4v) is 2.40. The first kappa shape index (κ1) is 14.6. The van der Waals surface area contributed by atoms with Gasteiger partial charge in [-0.15, -0.1) is 0 Å². The molecular formula is C14H20N2O4. The Labute approximate surface area is 118 Å². The normalized spacial score (nSPS) is 22.9. The van der Waals surface area contributed by atoms with E-state index in [1.807, 2.05) is 11.0 Å². The van der Waals surface area contributed by atoms with Gasteiger partial charge in [0.05, 0.1) is 24.8 Å². The summed E-state index contributed by atoms with van der Waals surface area (Å²) in [5, 5.41) is 9.17. The third kappa shape index (κ3) is 3.19. The van der Waals surface area contributed by atoms with E-state index in [9.17, 15) is 14.7 Å². The number of carbonyl (C=O) groups is 2. The number of carboxylic acids is 1. The van der Waals surface area contributed by atoms with E-state index in [1.54, 1.807) is 31.2 Å². The lowest BCUT2D eigenvalue weighted by atomic mass is 9.90. The average molecular weight is 280 g/mol. The maximum atomic E-state index is 12.1. The number of hydrogen-bond donors (Lipinski definition) is 1. The van der Waals surface area contributed by atoms with Gasteiger partial charge >= 0.3 is 5.97 Å². The highest BCUT2D eigenvalue weighted by atomic mass is 16.4. The van der Waals surface area contributed by atoms with Gasteiger partial charge in [0.1, 0.15) is 5.76 Å². The quantitative estimate of drug-likeness (QED) is 0.872. The molecule has 0 spiro atoms. The van der Waals surface area contributed by atoms with E-state index in [2.05, 4.69) is 0 Å². The number of carboxylic acid groups (broad SMARTS) is 1. The molecule has 1 saturated heterocycles. The van der Waals surface area contributed by atoms with Crippen molar-refractivity contribution in [3.63, 3.8) is 0 Å². The second-order valence-corrected chi connectivity index (χ2v) is 5.66. The molecule has 0 bridgehead atoms. The second kappa shape index (κ2) is 5.66. The molecule has 0 saturated carbocycles. The summed E-state index contributed by atoms with van der Waals surface area (Å²) >= 11 is 0. The van der Waals surface area contributed by atoms with E-state index in [-0.39, 0.29) is 12.5 Å². The van der Waals surface area contributed by atoms with Crippen LogP contribution < -0.4 is 0 Å². The van der Waals surface area contributed by atoms with Gasteiger partial charge in [-0.05, 0) is 32.0 Å². The summed E-state index contributed by atoms with van der Waals surface area (Å²) in [6, 6.07) is 3.60. The fourth-order valence-electron chi connectivity index (χ4n) is 2.40. The van der Waals surface area contributed by atoms with E-state index in [0.29, 0.717) is 26.1 Å². The van der Waals surface area contributed by atoms with Crippen molar-refractivity contribution in [2.75, 3.05) is 26.7 Å². The maximum Gasteiger partial charge on any atom is 0.310 e. The van der Waals surface area contributed by atoms with Gasteiger partial charge in [-0.1, -0.05) is 0 Å². The molecule has 1 aromatic heterocycles. The molecule has 2 heterocycles. The molecule has 1 aliphatic rings. The van der Waals surface area contributed by atoms with Gasteiger partial charge in [0, 0.05) is 13.6 Å². The molecule has 1 aromatic rings. The first-order chi connectivity index (χ1) is 9.40. The van der Waals surface area contributed by atoms with Crippen molar-refractivity contribution < 1.29 is 19.1 Å². The number of nitrogens with zero attached hydrogens (tertiary/aromatic N) is 2. The summed E-state index contributed by atoms with van der Waals surface area (Å²) in [4.78, 5) is 26.8. The third-order valence-electron chi connectivity index (χ3n) is 3.83. The minimum absolute atomic E-state index is 0.0314. The van der Waals surface area contributed by atoms with Crippen LogP contribution in [0, 0.1) is 5.41 Å². The van der Waals surface area contributed by atoms with Gasteiger partial charge < -0.3 is 14.4 Å². The predicted octanol–water partition coefficient (Wildman–Crippen LogP) is 1.03. The van der Waals surface area contributed by atoms with Crippen LogP contribution in [0.3, 0.4) is 0 Å². The van der Waals surface area contributed by atoms with Crippen LogP contribution >= 0.6 is 0 Å². The van der Waals surface area contributed by atoms with Crippen LogP contribution in [0.1, 0.15) is 19.1 Å². The summed E-state index contributed by atoms with van der Waals surface area (Å²) in [6.07, 6.45) is 2.16. The Bertz CT molecular complexity index is 485. The molecule has 110 valence electrons. The van der Waals surface area contributed by atoms with Crippen molar-refractivity contribution >= 4 is 11.9 Å². The molecule has 0 aromatic carbocycles. The standard InChI is InChI=1S/C14H20N2O4/c1-14(13(18)19)5-6-16(10-14)9-12(17)15(2)8-11-4-3-7-20-11/h3-4,7H,5-6,8-10H2,1-2H3,(H,18,19). The van der Waals surface area contributed by atoms with E-state index in [1.165, 1.54) is 0 Å². The summed E-state index contributed by atoms with van der Waals surface area (Å²) in [7, 11) is 1.72. The summed E-state index contributed by atoms with van der Waals surface area (Å²) in [5.74, 6) is -0.0925. The largest absolute Gasteiger partial charge is 0.481 e. The zero-order valence-electron chi connectivity index (χ0n) is 11.8. The highest BCUT2D eigenvalue weighted by molar-refractivity contribution is 5.79. The Balaban J connectivity index is 1.85. The molecule has 6 heteroatoms. The van der Waals surface area contributed by atoms with Crippen LogP contribution in [0.15, 0.2) is 22.8 Å². The average Bonchev–Trinajstić information content (AvgIpc) is 3.00. The molecule has 1 amide bonds. The molecule has 0 aliphatic carbocycles. The summed E-state index contributed by atoms with van der Waals surface area (Å²) in [6.45, 7) is 3.47. The van der Waals surface area contributed by atoms with Crippen molar-refractivity contribution in [3.05, 3.63) is 24.2 Å². The fraction of sp³-hybridized carbons (Fsp3) is 0.571. The van der Waals surface area contributed by atoms with Crippen molar-refractivity contribution in [2.45, 2.75) is 19.9 Å². The van der Waals surface area contributed by atoms with Crippen LogP contribution in [0.2, 0.25) is 0 Å². The first-order valence-corrected chi connectivity index (χ1v) is 6.63. The molecule has 1 N–H and O–H groups in total. The number of rotatable bonds is 5. The van der Waals surface area contributed by atoms with Gasteiger partial charge in [0.25, 0.3) is 0 Å². The van der Waals surface area contributed by atoms with Gasteiger partial charge in [-0.3, -0.25) is 14.5 Å². The topological polar surface area (TPSA) is 74.0 Å². The molecule has 6 nitrogen and oxygen atoms in total. The SMILES string of the molecule is CN(Cc1ccco1)C(=O)CN1CCC(C)(C(=O)O)C1. The van der Waals surface area contributed by atoms with Crippen molar-refractivity contribution in [2.24, 2.45) is 5.41 Å². The highest BCUT2D eigenvalue weighted by Gasteiger charge is 2.40. The Morgan fingerprint density at radius 1 is 1.55 bits per heavy atom. The lowest BCUT2D eigenvalue weighted by molar-refractivity contribution is -0.147. The summed E-state index contributed by atoms with van der Waals surface area (Å²) < 4.78 is 5.20. The number of likely N-dealkylation sites (tertiary alicyclic amines) is 1.